The number of hydrogen-bond donors (Lipinski definition) is 3. The summed E-state index contributed by atoms with van der Waals surface area (Å²) < 4.78 is 18.3. The van der Waals surface area contributed by atoms with Gasteiger partial charge in [-0.3, -0.25) is 10.2 Å². The van der Waals surface area contributed by atoms with E-state index in [2.05, 4.69) is 35.1 Å². The standard InChI is InChI=1S/C44H45N3O5/c1-2-50-40-19-10-9-18-36(40)28-30-45-47-43(49)44(29-11-15-33-13-5-3-6-14-33)41(37-22-20-35(21-23-37)34-16-7-4-8-17-34)52-42(46-44)38-24-26-39(27-25-38)51-32-12-31-48/h3-11,13-27,41,45,48H,2,12,28-32H2,1H3,(H,47,49)/b15-11+/t41-,44-/m0/s1. The lowest BCUT2D eigenvalue weighted by atomic mass is 9.84. The van der Waals surface area contributed by atoms with Crippen LogP contribution in [0.3, 0.4) is 0 Å². The Morgan fingerprint density at radius 1 is 0.827 bits per heavy atom. The first kappa shape index (κ1) is 36.1. The van der Waals surface area contributed by atoms with Crippen LogP contribution < -0.4 is 20.3 Å². The molecule has 3 N–H and O–H groups in total. The number of hydrazine groups is 1. The number of carbonyl (C=O) groups excluding carboxylic acids is 1. The first-order valence-corrected chi connectivity index (χ1v) is 17.8. The van der Waals surface area contributed by atoms with Gasteiger partial charge in [-0.15, -0.1) is 0 Å². The van der Waals surface area contributed by atoms with Crippen molar-refractivity contribution in [2.24, 2.45) is 4.99 Å². The summed E-state index contributed by atoms with van der Waals surface area (Å²) in [6, 6.07) is 43.7. The van der Waals surface area contributed by atoms with Gasteiger partial charge in [0, 0.05) is 31.6 Å². The zero-order valence-corrected chi connectivity index (χ0v) is 29.4. The van der Waals surface area contributed by atoms with Gasteiger partial charge in [-0.25, -0.2) is 10.4 Å². The van der Waals surface area contributed by atoms with E-state index in [0.717, 1.165) is 39.1 Å². The Morgan fingerprint density at radius 2 is 1.50 bits per heavy atom. The van der Waals surface area contributed by atoms with Crippen LogP contribution >= 0.6 is 0 Å². The van der Waals surface area contributed by atoms with Crippen molar-refractivity contribution in [2.45, 2.75) is 37.8 Å². The Hall–Kier alpha value is -5.70. The van der Waals surface area contributed by atoms with Crippen LogP contribution in [0, 0.1) is 0 Å². The molecule has 8 heteroatoms. The van der Waals surface area contributed by atoms with Gasteiger partial charge >= 0.3 is 0 Å². The highest BCUT2D eigenvalue weighted by molar-refractivity contribution is 6.01. The van der Waals surface area contributed by atoms with E-state index in [0.29, 0.717) is 44.2 Å². The van der Waals surface area contributed by atoms with Crippen LogP contribution in [0.25, 0.3) is 17.2 Å². The van der Waals surface area contributed by atoms with Gasteiger partial charge < -0.3 is 19.3 Å². The van der Waals surface area contributed by atoms with Crippen LogP contribution in [0.15, 0.2) is 145 Å². The molecular formula is C44H45N3O5. The highest BCUT2D eigenvalue weighted by atomic mass is 16.5. The Balaban J connectivity index is 1.32. The number of amides is 1. The van der Waals surface area contributed by atoms with E-state index in [9.17, 15) is 4.79 Å². The van der Waals surface area contributed by atoms with Gasteiger partial charge in [0.25, 0.3) is 5.91 Å². The highest BCUT2D eigenvalue weighted by Crippen LogP contribution is 2.43. The van der Waals surface area contributed by atoms with E-state index >= 15 is 0 Å². The molecule has 5 aromatic carbocycles. The third-order valence-electron chi connectivity index (χ3n) is 8.88. The van der Waals surface area contributed by atoms with E-state index in [4.69, 9.17) is 24.3 Å². The molecule has 0 radical (unpaired) electrons. The molecule has 0 aliphatic carbocycles. The number of hydrogen-bond acceptors (Lipinski definition) is 7. The molecule has 0 unspecified atom stereocenters. The molecule has 0 fully saturated rings. The summed E-state index contributed by atoms with van der Waals surface area (Å²) >= 11 is 0. The minimum Gasteiger partial charge on any atom is -0.494 e. The lowest BCUT2D eigenvalue weighted by molar-refractivity contribution is -0.129. The quantitative estimate of drug-likeness (QED) is 0.0680. The SMILES string of the molecule is CCOc1ccccc1CCNNC(=O)[C@@]1(C/C=C/c2ccccc2)N=C(c2ccc(OCCCO)cc2)O[C@H]1c1ccc(-c2ccccc2)cc1. The average Bonchev–Trinajstić information content (AvgIpc) is 3.59. The summed E-state index contributed by atoms with van der Waals surface area (Å²) in [4.78, 5) is 19.7. The molecule has 1 aliphatic rings. The third-order valence-corrected chi connectivity index (χ3v) is 8.88. The number of nitrogens with one attached hydrogen (secondary N) is 2. The Kier molecular flexibility index (Phi) is 12.5. The van der Waals surface area contributed by atoms with Crippen LogP contribution in [0.5, 0.6) is 11.5 Å². The zero-order valence-electron chi connectivity index (χ0n) is 29.4. The van der Waals surface area contributed by atoms with Crippen molar-refractivity contribution >= 4 is 17.9 Å². The second-order valence-corrected chi connectivity index (χ2v) is 12.5. The van der Waals surface area contributed by atoms with Crippen molar-refractivity contribution in [3.8, 4) is 22.6 Å². The molecule has 0 spiro atoms. The van der Waals surface area contributed by atoms with Crippen molar-refractivity contribution in [2.75, 3.05) is 26.4 Å². The van der Waals surface area contributed by atoms with Crippen LogP contribution in [0.1, 0.15) is 48.1 Å². The first-order chi connectivity index (χ1) is 25.6. The summed E-state index contributed by atoms with van der Waals surface area (Å²) in [5, 5.41) is 9.14. The fourth-order valence-electron chi connectivity index (χ4n) is 6.19. The van der Waals surface area contributed by atoms with E-state index < -0.39 is 11.6 Å². The van der Waals surface area contributed by atoms with Gasteiger partial charge in [0.1, 0.15) is 11.5 Å². The van der Waals surface area contributed by atoms with E-state index in [1.807, 2.05) is 128 Å². The topological polar surface area (TPSA) is 101 Å². The Morgan fingerprint density at radius 3 is 2.23 bits per heavy atom. The minimum atomic E-state index is -1.35. The summed E-state index contributed by atoms with van der Waals surface area (Å²) in [7, 11) is 0. The number of para-hydroxylation sites is 1. The highest BCUT2D eigenvalue weighted by Gasteiger charge is 2.52. The molecule has 1 aliphatic heterocycles. The van der Waals surface area contributed by atoms with Crippen LogP contribution in [0.4, 0.5) is 0 Å². The van der Waals surface area contributed by atoms with Crippen molar-refractivity contribution in [3.63, 3.8) is 0 Å². The first-order valence-electron chi connectivity index (χ1n) is 17.8. The van der Waals surface area contributed by atoms with Gasteiger partial charge in [0.05, 0.1) is 13.2 Å². The Bertz CT molecular complexity index is 1930. The number of aliphatic hydroxyl groups excluding tert-OH is 1. The largest absolute Gasteiger partial charge is 0.494 e. The molecule has 8 nitrogen and oxygen atoms in total. The molecule has 0 bridgehead atoms. The maximum Gasteiger partial charge on any atom is 0.266 e. The molecule has 52 heavy (non-hydrogen) atoms. The average molecular weight is 696 g/mol. The van der Waals surface area contributed by atoms with E-state index in [1.165, 1.54) is 0 Å². The molecule has 0 saturated carbocycles. The predicted molar refractivity (Wildman–Crippen MR) is 206 cm³/mol. The Labute approximate surface area is 305 Å². The zero-order chi connectivity index (χ0) is 36.0. The number of rotatable bonds is 17. The molecule has 0 saturated heterocycles. The normalized spacial score (nSPS) is 16.7. The van der Waals surface area contributed by atoms with Gasteiger partial charge in [0.2, 0.25) is 5.90 Å². The van der Waals surface area contributed by atoms with E-state index in [1.54, 1.807) is 0 Å². The molecule has 2 atom stereocenters. The van der Waals surface area contributed by atoms with Gasteiger partial charge in [-0.05, 0) is 71.5 Å². The molecule has 5 aromatic rings. The second-order valence-electron chi connectivity index (χ2n) is 12.5. The molecule has 1 heterocycles. The molecule has 1 amide bonds. The summed E-state index contributed by atoms with van der Waals surface area (Å²) in [6.07, 6.45) is 4.75. The van der Waals surface area contributed by atoms with E-state index in [-0.39, 0.29) is 18.9 Å². The maximum atomic E-state index is 14.6. The fraction of sp³-hybridized carbons (Fsp3) is 0.227. The second kappa shape index (κ2) is 18.0. The monoisotopic (exact) mass is 695 g/mol. The van der Waals surface area contributed by atoms with Crippen molar-refractivity contribution in [1.29, 1.82) is 0 Å². The lowest BCUT2D eigenvalue weighted by Gasteiger charge is -2.30. The van der Waals surface area contributed by atoms with Crippen LogP contribution in [0.2, 0.25) is 0 Å². The number of aliphatic hydroxyl groups is 1. The van der Waals surface area contributed by atoms with Gasteiger partial charge in [-0.1, -0.05) is 115 Å². The summed E-state index contributed by atoms with van der Waals surface area (Å²) in [6.45, 7) is 3.50. The van der Waals surface area contributed by atoms with Crippen molar-refractivity contribution in [1.82, 2.24) is 10.9 Å². The lowest BCUT2D eigenvalue weighted by Crippen LogP contribution is -2.52. The number of aliphatic imine (C=N–C) groups is 1. The summed E-state index contributed by atoms with van der Waals surface area (Å²) in [5.41, 5.74) is 10.6. The van der Waals surface area contributed by atoms with Crippen LogP contribution in [-0.2, 0) is 16.0 Å². The van der Waals surface area contributed by atoms with Crippen molar-refractivity contribution in [3.05, 3.63) is 162 Å². The maximum absolute atomic E-state index is 14.6. The van der Waals surface area contributed by atoms with Gasteiger partial charge in [0.15, 0.2) is 11.6 Å². The number of nitrogens with zero attached hydrogens (tertiary/aromatic N) is 1. The smallest absolute Gasteiger partial charge is 0.266 e. The van der Waals surface area contributed by atoms with Gasteiger partial charge in [-0.2, -0.15) is 0 Å². The molecular weight excluding hydrogens is 650 g/mol. The molecule has 266 valence electrons. The predicted octanol–water partition coefficient (Wildman–Crippen LogP) is 7.74. The summed E-state index contributed by atoms with van der Waals surface area (Å²) in [5.74, 6) is 1.57. The number of carbonyl (C=O) groups is 1. The number of ether oxygens (including phenoxy) is 3. The molecule has 6 rings (SSSR count). The third kappa shape index (κ3) is 8.96. The molecule has 0 aromatic heterocycles. The fourth-order valence-corrected chi connectivity index (χ4v) is 6.19. The number of benzene rings is 5. The van der Waals surface area contributed by atoms with Crippen LogP contribution in [-0.4, -0.2) is 48.8 Å². The minimum absolute atomic E-state index is 0.0642. The van der Waals surface area contributed by atoms with Crippen molar-refractivity contribution < 1.29 is 24.1 Å².